The first-order chi connectivity index (χ1) is 10.2. The lowest BCUT2D eigenvalue weighted by Crippen LogP contribution is -2.40. The van der Waals surface area contributed by atoms with E-state index in [1.165, 1.54) is 5.56 Å². The molecule has 0 saturated heterocycles. The first kappa shape index (κ1) is 18.4. The topological polar surface area (TPSA) is 18.5 Å². The summed E-state index contributed by atoms with van der Waals surface area (Å²) in [5.74, 6) is 0.926. The van der Waals surface area contributed by atoms with E-state index in [1.54, 1.807) is 0 Å². The second-order valence-electron chi connectivity index (χ2n) is 6.53. The second-order valence-corrected chi connectivity index (χ2v) is 15.8. The van der Waals surface area contributed by atoms with Crippen molar-refractivity contribution in [1.82, 2.24) is 0 Å². The molecule has 0 aromatic heterocycles. The molecule has 0 fully saturated rings. The molecule has 2 nitrogen and oxygen atoms in total. The summed E-state index contributed by atoms with van der Waals surface area (Å²) in [6.07, 6.45) is 2.69. The fourth-order valence-corrected chi connectivity index (χ4v) is 4.61. The molecule has 0 amide bonds. The Morgan fingerprint density at radius 2 is 2.00 bits per heavy atom. The van der Waals surface area contributed by atoms with Crippen LogP contribution in [0.4, 0.5) is 0 Å². The molecule has 1 aromatic rings. The third-order valence-corrected chi connectivity index (χ3v) is 6.31. The normalized spacial score (nSPS) is 21.6. The van der Waals surface area contributed by atoms with Gasteiger partial charge >= 0.3 is 6.00 Å². The van der Waals surface area contributed by atoms with Gasteiger partial charge in [0.25, 0.3) is 0 Å². The van der Waals surface area contributed by atoms with E-state index in [-0.39, 0.29) is 0 Å². The van der Waals surface area contributed by atoms with Gasteiger partial charge in [-0.25, -0.2) is 0 Å². The molecule has 1 aliphatic rings. The van der Waals surface area contributed by atoms with Crippen LogP contribution in [0.25, 0.3) is 0 Å². The van der Waals surface area contributed by atoms with Crippen LogP contribution in [0.5, 0.6) is 5.75 Å². The quantitative estimate of drug-likeness (QED) is 0.448. The van der Waals surface area contributed by atoms with Gasteiger partial charge < -0.3 is 9.47 Å². The summed E-state index contributed by atoms with van der Waals surface area (Å²) in [5.41, 5.74) is 2.34. The molecule has 1 aromatic carbocycles. The highest BCUT2D eigenvalue weighted by Crippen LogP contribution is 2.35. The third kappa shape index (κ3) is 5.61. The van der Waals surface area contributed by atoms with Gasteiger partial charge in [0.2, 0.25) is 5.79 Å². The number of rotatable bonds is 6. The summed E-state index contributed by atoms with van der Waals surface area (Å²) in [5, 5.41) is 0. The van der Waals surface area contributed by atoms with Gasteiger partial charge in [-0.05, 0) is 42.5 Å². The van der Waals surface area contributed by atoms with Crippen LogP contribution in [-0.4, -0.2) is 11.8 Å². The van der Waals surface area contributed by atoms with E-state index >= 15 is 0 Å². The van der Waals surface area contributed by atoms with Crippen molar-refractivity contribution in [3.63, 3.8) is 0 Å². The standard InChI is InChI=1S/C16H23Cl3O2Si/c1-12(2)10-16(3)20-11-14-9-13(6-7-15(14)21-16)5-4-8-22(17,18)19/h6-7,9,12H,4-5,8,10-11H2,1-3H3. The molecule has 1 aliphatic heterocycles. The Morgan fingerprint density at radius 3 is 2.64 bits per heavy atom. The molecular weight excluding hydrogens is 359 g/mol. The number of benzene rings is 1. The van der Waals surface area contributed by atoms with Crippen molar-refractivity contribution < 1.29 is 9.47 Å². The van der Waals surface area contributed by atoms with Crippen molar-refractivity contribution in [3.05, 3.63) is 29.3 Å². The average Bonchev–Trinajstić information content (AvgIpc) is 2.36. The molecule has 0 saturated carbocycles. The highest BCUT2D eigenvalue weighted by Gasteiger charge is 2.33. The van der Waals surface area contributed by atoms with Crippen LogP contribution in [0.3, 0.4) is 0 Å². The van der Waals surface area contributed by atoms with Gasteiger partial charge in [0.1, 0.15) is 5.75 Å². The predicted molar refractivity (Wildman–Crippen MR) is 96.2 cm³/mol. The monoisotopic (exact) mass is 380 g/mol. The van der Waals surface area contributed by atoms with E-state index < -0.39 is 11.8 Å². The molecule has 1 unspecified atom stereocenters. The van der Waals surface area contributed by atoms with Crippen LogP contribution in [0.1, 0.15) is 44.7 Å². The van der Waals surface area contributed by atoms with E-state index in [9.17, 15) is 0 Å². The first-order valence-electron chi connectivity index (χ1n) is 7.68. The molecule has 2 rings (SSSR count). The summed E-state index contributed by atoms with van der Waals surface area (Å²) in [7, 11) is 0. The maximum absolute atomic E-state index is 6.07. The molecule has 6 heteroatoms. The van der Waals surface area contributed by atoms with Crippen molar-refractivity contribution in [2.45, 2.75) is 58.5 Å². The molecule has 0 N–H and O–H groups in total. The van der Waals surface area contributed by atoms with Crippen LogP contribution in [-0.2, 0) is 17.8 Å². The molecule has 0 radical (unpaired) electrons. The summed E-state index contributed by atoms with van der Waals surface area (Å²) in [6.45, 7) is 6.94. The first-order valence-corrected chi connectivity index (χ1v) is 12.9. The molecule has 0 bridgehead atoms. The third-order valence-electron chi connectivity index (χ3n) is 3.69. The second kappa shape index (κ2) is 7.31. The number of hydrogen-bond acceptors (Lipinski definition) is 2. The average molecular weight is 382 g/mol. The van der Waals surface area contributed by atoms with Gasteiger partial charge in [-0.2, -0.15) is 0 Å². The maximum atomic E-state index is 6.07. The minimum Gasteiger partial charge on any atom is -0.462 e. The highest BCUT2D eigenvalue weighted by atomic mass is 35.8. The zero-order valence-corrected chi connectivity index (χ0v) is 16.6. The van der Waals surface area contributed by atoms with Crippen LogP contribution in [0.2, 0.25) is 6.04 Å². The fourth-order valence-electron chi connectivity index (χ4n) is 2.83. The van der Waals surface area contributed by atoms with Gasteiger partial charge in [0.15, 0.2) is 0 Å². The Labute approximate surface area is 148 Å². The van der Waals surface area contributed by atoms with Gasteiger partial charge in [-0.1, -0.05) is 19.9 Å². The molecule has 0 spiro atoms. The SMILES string of the molecule is CC(C)CC1(C)OCc2cc(CCC[Si](Cl)(Cl)Cl)ccc2O1. The molecule has 1 heterocycles. The predicted octanol–water partition coefficient (Wildman–Crippen LogP) is 5.95. The summed E-state index contributed by atoms with van der Waals surface area (Å²) in [6, 6.07) is 4.46. The summed E-state index contributed by atoms with van der Waals surface area (Å²) >= 11 is 17.8. The van der Waals surface area contributed by atoms with E-state index in [4.69, 9.17) is 42.7 Å². The van der Waals surface area contributed by atoms with Gasteiger partial charge in [-0.3, -0.25) is 0 Å². The minimum atomic E-state index is -2.51. The van der Waals surface area contributed by atoms with Crippen molar-refractivity contribution in [2.24, 2.45) is 5.92 Å². The van der Waals surface area contributed by atoms with E-state index in [2.05, 4.69) is 26.0 Å². The number of hydrogen-bond donors (Lipinski definition) is 0. The van der Waals surface area contributed by atoms with Crippen molar-refractivity contribution in [2.75, 3.05) is 0 Å². The number of halogens is 3. The Kier molecular flexibility index (Phi) is 6.12. The van der Waals surface area contributed by atoms with E-state index in [0.717, 1.165) is 30.6 Å². The number of fused-ring (bicyclic) bond motifs is 1. The van der Waals surface area contributed by atoms with Gasteiger partial charge in [0, 0.05) is 18.9 Å². The molecule has 1 atom stereocenters. The Balaban J connectivity index is 1.99. The molecule has 124 valence electrons. The van der Waals surface area contributed by atoms with Crippen LogP contribution in [0, 0.1) is 5.92 Å². The lowest BCUT2D eigenvalue weighted by molar-refractivity contribution is -0.202. The fraction of sp³-hybridized carbons (Fsp3) is 0.625. The Morgan fingerprint density at radius 1 is 1.27 bits per heavy atom. The maximum Gasteiger partial charge on any atom is 0.341 e. The zero-order valence-electron chi connectivity index (χ0n) is 13.3. The van der Waals surface area contributed by atoms with Crippen molar-refractivity contribution >= 4 is 39.2 Å². The van der Waals surface area contributed by atoms with Crippen LogP contribution >= 0.6 is 33.2 Å². The zero-order chi connectivity index (χ0) is 16.4. The molecule has 22 heavy (non-hydrogen) atoms. The lowest BCUT2D eigenvalue weighted by Gasteiger charge is -2.37. The minimum absolute atomic E-state index is 0.524. The van der Waals surface area contributed by atoms with E-state index in [1.807, 2.05) is 13.0 Å². The van der Waals surface area contributed by atoms with Gasteiger partial charge in [0.05, 0.1) is 6.61 Å². The van der Waals surface area contributed by atoms with Crippen LogP contribution in [0.15, 0.2) is 18.2 Å². The molecule has 0 aliphatic carbocycles. The number of aryl methyl sites for hydroxylation is 1. The van der Waals surface area contributed by atoms with Crippen LogP contribution < -0.4 is 4.74 Å². The van der Waals surface area contributed by atoms with E-state index in [0.29, 0.717) is 18.6 Å². The molecular formula is C16H23Cl3O2Si. The smallest absolute Gasteiger partial charge is 0.341 e. The summed E-state index contributed by atoms with van der Waals surface area (Å²) < 4.78 is 12.0. The van der Waals surface area contributed by atoms with Gasteiger partial charge in [-0.15, -0.1) is 33.2 Å². The highest BCUT2D eigenvalue weighted by molar-refractivity contribution is 7.64. The Hall–Kier alpha value is 0.0669. The summed E-state index contributed by atoms with van der Waals surface area (Å²) in [4.78, 5) is 0. The lowest BCUT2D eigenvalue weighted by atomic mass is 10.0. The largest absolute Gasteiger partial charge is 0.462 e. The van der Waals surface area contributed by atoms with Crippen molar-refractivity contribution in [1.29, 1.82) is 0 Å². The van der Waals surface area contributed by atoms with Crippen molar-refractivity contribution in [3.8, 4) is 5.75 Å². The number of ether oxygens (including phenoxy) is 2. The Bertz CT molecular complexity index is 517.